The van der Waals surface area contributed by atoms with Crippen molar-refractivity contribution < 1.29 is 14.0 Å². The van der Waals surface area contributed by atoms with Gasteiger partial charge >= 0.3 is 0 Å². The SMILES string of the molecule is CCCCON(C=O)c1ccc(N)cc1F. The van der Waals surface area contributed by atoms with Crippen molar-refractivity contribution in [2.45, 2.75) is 19.8 Å². The molecule has 0 aliphatic rings. The molecule has 0 saturated heterocycles. The summed E-state index contributed by atoms with van der Waals surface area (Å²) in [6.45, 7) is 2.37. The maximum Gasteiger partial charge on any atom is 0.238 e. The molecule has 0 aliphatic heterocycles. The van der Waals surface area contributed by atoms with Gasteiger partial charge in [0.25, 0.3) is 0 Å². The van der Waals surface area contributed by atoms with E-state index in [1.807, 2.05) is 6.92 Å². The normalized spacial score (nSPS) is 10.1. The lowest BCUT2D eigenvalue weighted by molar-refractivity contribution is -0.114. The average molecular weight is 226 g/mol. The Morgan fingerprint density at radius 3 is 2.88 bits per heavy atom. The van der Waals surface area contributed by atoms with Crippen LogP contribution in [-0.2, 0) is 9.63 Å². The minimum absolute atomic E-state index is 0.0697. The van der Waals surface area contributed by atoms with E-state index in [0.717, 1.165) is 24.0 Å². The molecular formula is C11H15FN2O2. The van der Waals surface area contributed by atoms with Crippen molar-refractivity contribution in [1.29, 1.82) is 0 Å². The first-order chi connectivity index (χ1) is 7.69. The molecular weight excluding hydrogens is 211 g/mol. The number of hydrogen-bond donors (Lipinski definition) is 1. The molecule has 16 heavy (non-hydrogen) atoms. The van der Waals surface area contributed by atoms with Crippen LogP contribution in [0, 0.1) is 5.82 Å². The van der Waals surface area contributed by atoms with Gasteiger partial charge in [0.05, 0.1) is 6.61 Å². The van der Waals surface area contributed by atoms with Gasteiger partial charge in [0.15, 0.2) is 5.82 Å². The van der Waals surface area contributed by atoms with E-state index in [2.05, 4.69) is 0 Å². The van der Waals surface area contributed by atoms with Gasteiger partial charge in [-0.05, 0) is 24.6 Å². The second-order valence-corrected chi connectivity index (χ2v) is 3.33. The highest BCUT2D eigenvalue weighted by Gasteiger charge is 2.11. The number of carbonyl (C=O) groups excluding carboxylic acids is 1. The van der Waals surface area contributed by atoms with Gasteiger partial charge < -0.3 is 5.73 Å². The van der Waals surface area contributed by atoms with Gasteiger partial charge in [-0.2, -0.15) is 5.06 Å². The molecule has 1 aromatic carbocycles. The van der Waals surface area contributed by atoms with Gasteiger partial charge in [-0.3, -0.25) is 9.63 Å². The zero-order valence-corrected chi connectivity index (χ0v) is 9.15. The fourth-order valence-electron chi connectivity index (χ4n) is 1.17. The molecule has 0 heterocycles. The predicted molar refractivity (Wildman–Crippen MR) is 60.2 cm³/mol. The van der Waals surface area contributed by atoms with Crippen LogP contribution < -0.4 is 10.8 Å². The van der Waals surface area contributed by atoms with Gasteiger partial charge in [0.2, 0.25) is 6.41 Å². The smallest absolute Gasteiger partial charge is 0.238 e. The largest absolute Gasteiger partial charge is 0.399 e. The third-order valence-corrected chi connectivity index (χ3v) is 2.03. The van der Waals surface area contributed by atoms with Gasteiger partial charge in [-0.1, -0.05) is 13.3 Å². The standard InChI is InChI=1S/C11H15FN2O2/c1-2-3-6-16-14(8-15)11-5-4-9(13)7-10(11)12/h4-5,7-8H,2-3,6,13H2,1H3. The lowest BCUT2D eigenvalue weighted by atomic mass is 10.2. The van der Waals surface area contributed by atoms with Gasteiger partial charge in [-0.15, -0.1) is 0 Å². The molecule has 0 atom stereocenters. The summed E-state index contributed by atoms with van der Waals surface area (Å²) in [5.41, 5.74) is 5.78. The number of anilines is 2. The van der Waals surface area contributed by atoms with Crippen LogP contribution in [0.5, 0.6) is 0 Å². The average Bonchev–Trinajstić information content (AvgIpc) is 2.26. The Morgan fingerprint density at radius 2 is 2.31 bits per heavy atom. The van der Waals surface area contributed by atoms with E-state index in [-0.39, 0.29) is 5.69 Å². The molecule has 4 nitrogen and oxygen atoms in total. The molecule has 0 unspecified atom stereocenters. The van der Waals surface area contributed by atoms with Gasteiger partial charge in [-0.25, -0.2) is 4.39 Å². The van der Waals surface area contributed by atoms with Crippen LogP contribution in [0.2, 0.25) is 0 Å². The second kappa shape index (κ2) is 6.07. The monoisotopic (exact) mass is 226 g/mol. The molecule has 0 fully saturated rings. The fourth-order valence-corrected chi connectivity index (χ4v) is 1.17. The Balaban J connectivity index is 2.74. The summed E-state index contributed by atoms with van der Waals surface area (Å²) in [4.78, 5) is 15.9. The Hall–Kier alpha value is -1.62. The van der Waals surface area contributed by atoms with Crippen LogP contribution >= 0.6 is 0 Å². The zero-order chi connectivity index (χ0) is 12.0. The first-order valence-electron chi connectivity index (χ1n) is 5.11. The van der Waals surface area contributed by atoms with Crippen LogP contribution in [0.1, 0.15) is 19.8 Å². The van der Waals surface area contributed by atoms with Crippen LogP contribution in [0.25, 0.3) is 0 Å². The molecule has 0 aliphatic carbocycles. The lowest BCUT2D eigenvalue weighted by Crippen LogP contribution is -2.23. The maximum atomic E-state index is 13.4. The molecule has 0 aromatic heterocycles. The third-order valence-electron chi connectivity index (χ3n) is 2.03. The number of amides is 1. The van der Waals surface area contributed by atoms with Gasteiger partial charge in [0.1, 0.15) is 5.69 Å². The minimum atomic E-state index is -0.580. The Labute approximate surface area is 93.8 Å². The summed E-state index contributed by atoms with van der Waals surface area (Å²) >= 11 is 0. The van der Waals surface area contributed by atoms with Crippen LogP contribution in [0.4, 0.5) is 15.8 Å². The first kappa shape index (κ1) is 12.4. The second-order valence-electron chi connectivity index (χ2n) is 3.33. The molecule has 1 amide bonds. The van der Waals surface area contributed by atoms with Crippen molar-refractivity contribution in [3.05, 3.63) is 24.0 Å². The van der Waals surface area contributed by atoms with Crippen molar-refractivity contribution in [2.75, 3.05) is 17.4 Å². The lowest BCUT2D eigenvalue weighted by Gasteiger charge is -2.17. The summed E-state index contributed by atoms with van der Waals surface area (Å²) in [5, 5.41) is 0.879. The number of benzene rings is 1. The number of hydroxylamine groups is 1. The highest BCUT2D eigenvalue weighted by Crippen LogP contribution is 2.20. The predicted octanol–water partition coefficient (Wildman–Crippen LogP) is 2.10. The number of rotatable bonds is 6. The molecule has 0 saturated carbocycles. The topological polar surface area (TPSA) is 55.6 Å². The van der Waals surface area contributed by atoms with E-state index in [1.54, 1.807) is 0 Å². The van der Waals surface area contributed by atoms with E-state index in [1.165, 1.54) is 12.1 Å². The third kappa shape index (κ3) is 3.20. The number of nitrogens with two attached hydrogens (primary N) is 1. The molecule has 5 heteroatoms. The summed E-state index contributed by atoms with van der Waals surface area (Å²) in [6.07, 6.45) is 2.18. The van der Waals surface area contributed by atoms with Crippen molar-refractivity contribution in [3.8, 4) is 0 Å². The molecule has 0 radical (unpaired) electrons. The highest BCUT2D eigenvalue weighted by molar-refractivity contribution is 5.73. The quantitative estimate of drug-likeness (QED) is 0.350. The van der Waals surface area contributed by atoms with E-state index >= 15 is 0 Å². The summed E-state index contributed by atoms with van der Waals surface area (Å²) in [7, 11) is 0. The highest BCUT2D eigenvalue weighted by atomic mass is 19.1. The number of carbonyl (C=O) groups is 1. The van der Waals surface area contributed by atoms with Crippen molar-refractivity contribution >= 4 is 17.8 Å². The zero-order valence-electron chi connectivity index (χ0n) is 9.15. The number of unbranched alkanes of at least 4 members (excludes halogenated alkanes) is 1. The van der Waals surface area contributed by atoms with E-state index in [9.17, 15) is 9.18 Å². The molecule has 88 valence electrons. The van der Waals surface area contributed by atoms with Crippen molar-refractivity contribution in [1.82, 2.24) is 0 Å². The van der Waals surface area contributed by atoms with E-state index < -0.39 is 5.82 Å². The molecule has 0 bridgehead atoms. The number of hydrogen-bond acceptors (Lipinski definition) is 3. The molecule has 1 aromatic rings. The van der Waals surface area contributed by atoms with Crippen LogP contribution in [0.15, 0.2) is 18.2 Å². The number of nitrogens with zero attached hydrogens (tertiary/aromatic N) is 1. The molecule has 2 N–H and O–H groups in total. The Kier molecular flexibility index (Phi) is 4.72. The van der Waals surface area contributed by atoms with Crippen molar-refractivity contribution in [3.63, 3.8) is 0 Å². The summed E-state index contributed by atoms with van der Waals surface area (Å²) in [6, 6.07) is 4.07. The van der Waals surface area contributed by atoms with Crippen molar-refractivity contribution in [2.24, 2.45) is 0 Å². The Morgan fingerprint density at radius 1 is 1.56 bits per heavy atom. The van der Waals surface area contributed by atoms with E-state index in [0.29, 0.717) is 18.7 Å². The summed E-state index contributed by atoms with van der Waals surface area (Å²) < 4.78 is 13.4. The van der Waals surface area contributed by atoms with E-state index in [4.69, 9.17) is 10.6 Å². The number of nitrogen functional groups attached to an aromatic ring is 1. The minimum Gasteiger partial charge on any atom is -0.399 e. The maximum absolute atomic E-state index is 13.4. The first-order valence-corrected chi connectivity index (χ1v) is 5.11. The fraction of sp³-hybridized carbons (Fsp3) is 0.364. The molecule has 1 rings (SSSR count). The van der Waals surface area contributed by atoms with Crippen LogP contribution in [-0.4, -0.2) is 13.0 Å². The Bertz CT molecular complexity index is 358. The van der Waals surface area contributed by atoms with Crippen LogP contribution in [0.3, 0.4) is 0 Å². The molecule has 0 spiro atoms. The number of halogens is 1. The summed E-state index contributed by atoms with van der Waals surface area (Å²) in [5.74, 6) is -0.580. The van der Waals surface area contributed by atoms with Gasteiger partial charge in [0, 0.05) is 5.69 Å².